The number of aryl methyl sites for hydroxylation is 1. The maximum Gasteiger partial charge on any atom is 0.323 e. The molecular weight excluding hydrogens is 332 g/mol. The van der Waals surface area contributed by atoms with Crippen molar-refractivity contribution in [3.05, 3.63) is 65.2 Å². The zero-order valence-corrected chi connectivity index (χ0v) is 14.9. The zero-order chi connectivity index (χ0) is 19.1. The Hall–Kier alpha value is -3.15. The lowest BCUT2D eigenvalue weighted by Crippen LogP contribution is -2.36. The molecule has 0 saturated carbocycles. The summed E-state index contributed by atoms with van der Waals surface area (Å²) in [4.78, 5) is 37.6. The molecular formula is C20H22N2O4. The summed E-state index contributed by atoms with van der Waals surface area (Å²) in [5.41, 5.74) is 2.07. The molecule has 2 amide bonds. The Bertz CT molecular complexity index is 817. The van der Waals surface area contributed by atoms with Crippen LogP contribution in [0.2, 0.25) is 0 Å². The molecule has 0 aliphatic heterocycles. The van der Waals surface area contributed by atoms with Gasteiger partial charge in [0.25, 0.3) is 11.8 Å². The van der Waals surface area contributed by atoms with Gasteiger partial charge in [-0.15, -0.1) is 0 Å². The minimum absolute atomic E-state index is 0.267. The predicted octanol–water partition coefficient (Wildman–Crippen LogP) is 3.18. The highest BCUT2D eigenvalue weighted by molar-refractivity contribution is 6.09. The number of nitrogens with one attached hydrogen (secondary N) is 1. The Labute approximate surface area is 152 Å². The first-order valence-electron chi connectivity index (χ1n) is 8.40. The number of rotatable bonds is 7. The number of para-hydroxylation sites is 1. The summed E-state index contributed by atoms with van der Waals surface area (Å²) in [6.07, 6.45) is 0.636. The Morgan fingerprint density at radius 1 is 1.08 bits per heavy atom. The first-order valence-corrected chi connectivity index (χ1v) is 8.40. The Balaban J connectivity index is 2.27. The van der Waals surface area contributed by atoms with Gasteiger partial charge < -0.3 is 15.3 Å². The van der Waals surface area contributed by atoms with Crippen molar-refractivity contribution in [2.24, 2.45) is 0 Å². The minimum atomic E-state index is -1.08. The lowest BCUT2D eigenvalue weighted by molar-refractivity contribution is -0.137. The number of anilines is 1. The third-order valence-electron chi connectivity index (χ3n) is 3.79. The average molecular weight is 354 g/mol. The SMILES string of the molecule is CCCN(CC(=O)O)C(=O)c1ccccc1NC(=O)c1cccc(C)c1. The molecule has 0 spiro atoms. The number of hydrogen-bond acceptors (Lipinski definition) is 3. The van der Waals surface area contributed by atoms with E-state index in [-0.39, 0.29) is 18.0 Å². The van der Waals surface area contributed by atoms with Crippen molar-refractivity contribution < 1.29 is 19.5 Å². The fourth-order valence-electron chi connectivity index (χ4n) is 2.62. The first kappa shape index (κ1) is 19.2. The van der Waals surface area contributed by atoms with Crippen LogP contribution in [0.15, 0.2) is 48.5 Å². The van der Waals surface area contributed by atoms with E-state index in [0.717, 1.165) is 5.56 Å². The average Bonchev–Trinajstić information content (AvgIpc) is 2.61. The topological polar surface area (TPSA) is 86.7 Å². The Morgan fingerprint density at radius 2 is 1.81 bits per heavy atom. The maximum absolute atomic E-state index is 12.8. The number of nitrogens with zero attached hydrogens (tertiary/aromatic N) is 1. The third kappa shape index (κ3) is 4.92. The summed E-state index contributed by atoms with van der Waals surface area (Å²) >= 11 is 0. The molecule has 0 heterocycles. The number of carbonyl (C=O) groups is 3. The summed E-state index contributed by atoms with van der Waals surface area (Å²) in [5, 5.41) is 11.8. The molecule has 0 saturated heterocycles. The molecule has 0 aliphatic carbocycles. The number of carboxylic acids is 1. The maximum atomic E-state index is 12.8. The summed E-state index contributed by atoms with van der Waals surface area (Å²) in [6.45, 7) is 3.70. The molecule has 0 bridgehead atoms. The molecule has 26 heavy (non-hydrogen) atoms. The summed E-state index contributed by atoms with van der Waals surface area (Å²) in [5.74, 6) is -1.82. The summed E-state index contributed by atoms with van der Waals surface area (Å²) in [6, 6.07) is 13.7. The molecule has 0 fully saturated rings. The number of carbonyl (C=O) groups excluding carboxylic acids is 2. The van der Waals surface area contributed by atoms with Crippen LogP contribution in [0, 0.1) is 6.92 Å². The van der Waals surface area contributed by atoms with Gasteiger partial charge in [0.1, 0.15) is 6.54 Å². The summed E-state index contributed by atoms with van der Waals surface area (Å²) < 4.78 is 0. The quantitative estimate of drug-likeness (QED) is 0.799. The number of carboxylic acid groups (broad SMARTS) is 1. The van der Waals surface area contributed by atoms with Gasteiger partial charge in [-0.05, 0) is 37.6 Å². The molecule has 2 rings (SSSR count). The number of benzene rings is 2. The van der Waals surface area contributed by atoms with Gasteiger partial charge in [0, 0.05) is 12.1 Å². The molecule has 0 atom stereocenters. The van der Waals surface area contributed by atoms with E-state index in [2.05, 4.69) is 5.32 Å². The van der Waals surface area contributed by atoms with Gasteiger partial charge in [-0.1, -0.05) is 36.8 Å². The highest BCUT2D eigenvalue weighted by Gasteiger charge is 2.21. The number of hydrogen-bond donors (Lipinski definition) is 2. The van der Waals surface area contributed by atoms with Crippen molar-refractivity contribution in [3.8, 4) is 0 Å². The molecule has 0 aliphatic rings. The van der Waals surface area contributed by atoms with Crippen molar-refractivity contribution in [1.29, 1.82) is 0 Å². The van der Waals surface area contributed by atoms with Crippen LogP contribution in [-0.4, -0.2) is 40.9 Å². The van der Waals surface area contributed by atoms with E-state index in [1.807, 2.05) is 19.9 Å². The van der Waals surface area contributed by atoms with Gasteiger partial charge >= 0.3 is 5.97 Å². The standard InChI is InChI=1S/C20H22N2O4/c1-3-11-22(13-18(23)24)20(26)16-9-4-5-10-17(16)21-19(25)15-8-6-7-14(2)12-15/h4-10,12H,3,11,13H2,1-2H3,(H,21,25)(H,23,24). The number of amides is 2. The second-order valence-electron chi connectivity index (χ2n) is 5.99. The van der Waals surface area contributed by atoms with Crippen LogP contribution in [0.4, 0.5) is 5.69 Å². The molecule has 2 aromatic rings. The van der Waals surface area contributed by atoms with Crippen LogP contribution in [0.1, 0.15) is 39.6 Å². The van der Waals surface area contributed by atoms with Gasteiger partial charge in [0.2, 0.25) is 0 Å². The van der Waals surface area contributed by atoms with Crippen molar-refractivity contribution in [2.75, 3.05) is 18.4 Å². The van der Waals surface area contributed by atoms with Gasteiger partial charge in [0.05, 0.1) is 11.3 Å². The van der Waals surface area contributed by atoms with E-state index in [1.54, 1.807) is 42.5 Å². The number of aliphatic carboxylic acids is 1. The van der Waals surface area contributed by atoms with Gasteiger partial charge in [-0.3, -0.25) is 14.4 Å². The van der Waals surface area contributed by atoms with Crippen LogP contribution < -0.4 is 5.32 Å². The smallest absolute Gasteiger partial charge is 0.323 e. The summed E-state index contributed by atoms with van der Waals surface area (Å²) in [7, 11) is 0. The Morgan fingerprint density at radius 3 is 2.46 bits per heavy atom. The molecule has 6 nitrogen and oxygen atoms in total. The minimum Gasteiger partial charge on any atom is -0.480 e. The Kier molecular flexibility index (Phi) is 6.49. The van der Waals surface area contributed by atoms with E-state index in [9.17, 15) is 14.4 Å². The van der Waals surface area contributed by atoms with Crippen molar-refractivity contribution >= 4 is 23.5 Å². The molecule has 0 radical (unpaired) electrons. The van der Waals surface area contributed by atoms with Crippen LogP contribution in [-0.2, 0) is 4.79 Å². The normalized spacial score (nSPS) is 10.2. The van der Waals surface area contributed by atoms with Crippen LogP contribution in [0.25, 0.3) is 0 Å². The molecule has 2 N–H and O–H groups in total. The van der Waals surface area contributed by atoms with Gasteiger partial charge in [-0.25, -0.2) is 0 Å². The second-order valence-corrected chi connectivity index (χ2v) is 5.99. The van der Waals surface area contributed by atoms with Crippen molar-refractivity contribution in [2.45, 2.75) is 20.3 Å². The molecule has 6 heteroatoms. The monoisotopic (exact) mass is 354 g/mol. The third-order valence-corrected chi connectivity index (χ3v) is 3.79. The van der Waals surface area contributed by atoms with Crippen molar-refractivity contribution in [1.82, 2.24) is 4.90 Å². The zero-order valence-electron chi connectivity index (χ0n) is 14.9. The van der Waals surface area contributed by atoms with E-state index < -0.39 is 11.9 Å². The second kappa shape index (κ2) is 8.80. The lowest BCUT2D eigenvalue weighted by atomic mass is 10.1. The first-order chi connectivity index (χ1) is 12.4. The van der Waals surface area contributed by atoms with E-state index in [0.29, 0.717) is 24.2 Å². The fourth-order valence-corrected chi connectivity index (χ4v) is 2.62. The molecule has 0 unspecified atom stereocenters. The highest BCUT2D eigenvalue weighted by atomic mass is 16.4. The largest absolute Gasteiger partial charge is 0.480 e. The highest BCUT2D eigenvalue weighted by Crippen LogP contribution is 2.19. The van der Waals surface area contributed by atoms with E-state index in [4.69, 9.17) is 5.11 Å². The van der Waals surface area contributed by atoms with Crippen LogP contribution in [0.5, 0.6) is 0 Å². The fraction of sp³-hybridized carbons (Fsp3) is 0.250. The van der Waals surface area contributed by atoms with Gasteiger partial charge in [0.15, 0.2) is 0 Å². The predicted molar refractivity (Wildman–Crippen MR) is 99.4 cm³/mol. The lowest BCUT2D eigenvalue weighted by Gasteiger charge is -2.21. The van der Waals surface area contributed by atoms with E-state index >= 15 is 0 Å². The van der Waals surface area contributed by atoms with Crippen LogP contribution in [0.3, 0.4) is 0 Å². The van der Waals surface area contributed by atoms with E-state index in [1.165, 1.54) is 4.90 Å². The molecule has 0 aromatic heterocycles. The molecule has 2 aromatic carbocycles. The van der Waals surface area contributed by atoms with Crippen molar-refractivity contribution in [3.63, 3.8) is 0 Å². The molecule has 136 valence electrons. The van der Waals surface area contributed by atoms with Gasteiger partial charge in [-0.2, -0.15) is 0 Å². The van der Waals surface area contributed by atoms with Crippen LogP contribution >= 0.6 is 0 Å².